The van der Waals surface area contributed by atoms with E-state index in [0.717, 1.165) is 26.7 Å². The van der Waals surface area contributed by atoms with E-state index in [1.54, 1.807) is 0 Å². The van der Waals surface area contributed by atoms with E-state index in [-0.39, 0.29) is 11.9 Å². The molecule has 0 bridgehead atoms. The smallest absolute Gasteiger partial charge is 0.123 e. The van der Waals surface area contributed by atoms with Crippen LogP contribution in [0.2, 0.25) is 0 Å². The topological polar surface area (TPSA) is 26.0 Å². The van der Waals surface area contributed by atoms with Gasteiger partial charge in [-0.3, -0.25) is 0 Å². The molecule has 0 heterocycles. The van der Waals surface area contributed by atoms with E-state index in [4.69, 9.17) is 5.73 Å². The molecule has 0 amide bonds. The Morgan fingerprint density at radius 1 is 1.17 bits per heavy atom. The molecule has 0 saturated heterocycles. The first kappa shape index (κ1) is 13.2. The van der Waals surface area contributed by atoms with Crippen LogP contribution in [0.3, 0.4) is 0 Å². The molecule has 0 aliphatic heterocycles. The van der Waals surface area contributed by atoms with Crippen LogP contribution in [0, 0.1) is 19.7 Å². The number of aryl methyl sites for hydroxylation is 1. The van der Waals surface area contributed by atoms with Crippen LogP contribution >= 0.6 is 15.9 Å². The first-order chi connectivity index (χ1) is 8.49. The largest absolute Gasteiger partial charge is 0.320 e. The SMILES string of the molecule is Cc1cc(F)cc(C(N)c2cccc(Br)c2C)c1. The fourth-order valence-electron chi connectivity index (χ4n) is 2.08. The third-order valence-electron chi connectivity index (χ3n) is 3.07. The first-order valence-electron chi connectivity index (χ1n) is 5.76. The fourth-order valence-corrected chi connectivity index (χ4v) is 2.47. The van der Waals surface area contributed by atoms with Gasteiger partial charge in [0.05, 0.1) is 6.04 Å². The zero-order chi connectivity index (χ0) is 13.3. The van der Waals surface area contributed by atoms with E-state index in [2.05, 4.69) is 15.9 Å². The van der Waals surface area contributed by atoms with Gasteiger partial charge in [0.25, 0.3) is 0 Å². The number of hydrogen-bond acceptors (Lipinski definition) is 1. The summed E-state index contributed by atoms with van der Waals surface area (Å²) >= 11 is 3.49. The molecule has 2 rings (SSSR count). The van der Waals surface area contributed by atoms with Gasteiger partial charge in [0.2, 0.25) is 0 Å². The predicted octanol–water partition coefficient (Wildman–Crippen LogP) is 4.25. The second kappa shape index (κ2) is 5.21. The Morgan fingerprint density at radius 3 is 2.56 bits per heavy atom. The fraction of sp³-hybridized carbons (Fsp3) is 0.200. The van der Waals surface area contributed by atoms with Crippen LogP contribution in [0.15, 0.2) is 40.9 Å². The summed E-state index contributed by atoms with van der Waals surface area (Å²) in [6.07, 6.45) is 0. The summed E-state index contributed by atoms with van der Waals surface area (Å²) in [5.41, 5.74) is 10.0. The minimum Gasteiger partial charge on any atom is -0.320 e. The Morgan fingerprint density at radius 2 is 1.89 bits per heavy atom. The van der Waals surface area contributed by atoms with Crippen LogP contribution in [-0.2, 0) is 0 Å². The van der Waals surface area contributed by atoms with Gasteiger partial charge >= 0.3 is 0 Å². The zero-order valence-corrected chi connectivity index (χ0v) is 12.0. The molecule has 2 aromatic rings. The Bertz CT molecular complexity index is 560. The minimum absolute atomic E-state index is 0.243. The molecule has 0 spiro atoms. The van der Waals surface area contributed by atoms with Crippen LogP contribution in [0.4, 0.5) is 4.39 Å². The first-order valence-corrected chi connectivity index (χ1v) is 6.56. The van der Waals surface area contributed by atoms with Gasteiger partial charge in [-0.05, 0) is 54.3 Å². The lowest BCUT2D eigenvalue weighted by atomic mass is 9.95. The van der Waals surface area contributed by atoms with Gasteiger partial charge in [-0.2, -0.15) is 0 Å². The van der Waals surface area contributed by atoms with Crippen molar-refractivity contribution in [3.8, 4) is 0 Å². The van der Waals surface area contributed by atoms with Gasteiger partial charge in [0.1, 0.15) is 5.82 Å². The summed E-state index contributed by atoms with van der Waals surface area (Å²) in [6.45, 7) is 3.87. The highest BCUT2D eigenvalue weighted by Crippen LogP contribution is 2.28. The molecule has 3 heteroatoms. The molecule has 94 valence electrons. The molecule has 0 aliphatic rings. The van der Waals surface area contributed by atoms with Crippen LogP contribution in [0.5, 0.6) is 0 Å². The highest BCUT2D eigenvalue weighted by atomic mass is 79.9. The average Bonchev–Trinajstić information content (AvgIpc) is 2.30. The van der Waals surface area contributed by atoms with Crippen molar-refractivity contribution >= 4 is 15.9 Å². The van der Waals surface area contributed by atoms with E-state index in [1.807, 2.05) is 38.1 Å². The summed E-state index contributed by atoms with van der Waals surface area (Å²) in [4.78, 5) is 0. The van der Waals surface area contributed by atoms with Gasteiger partial charge in [-0.15, -0.1) is 0 Å². The van der Waals surface area contributed by atoms with Crippen molar-refractivity contribution in [3.05, 3.63) is 68.9 Å². The monoisotopic (exact) mass is 307 g/mol. The number of halogens is 2. The molecule has 1 unspecified atom stereocenters. The molecule has 0 radical (unpaired) electrons. The van der Waals surface area contributed by atoms with E-state index in [1.165, 1.54) is 12.1 Å². The van der Waals surface area contributed by atoms with Crippen molar-refractivity contribution < 1.29 is 4.39 Å². The van der Waals surface area contributed by atoms with Gasteiger partial charge in [0, 0.05) is 4.47 Å². The Labute approximate surface area is 115 Å². The molecule has 2 aromatic carbocycles. The molecule has 2 N–H and O–H groups in total. The molecular formula is C15H15BrFN. The maximum absolute atomic E-state index is 13.4. The predicted molar refractivity (Wildman–Crippen MR) is 76.0 cm³/mol. The van der Waals surface area contributed by atoms with E-state index >= 15 is 0 Å². The highest BCUT2D eigenvalue weighted by Gasteiger charge is 2.13. The van der Waals surface area contributed by atoms with Gasteiger partial charge < -0.3 is 5.73 Å². The maximum Gasteiger partial charge on any atom is 0.123 e. The Hall–Kier alpha value is -1.19. The molecule has 18 heavy (non-hydrogen) atoms. The zero-order valence-electron chi connectivity index (χ0n) is 10.4. The van der Waals surface area contributed by atoms with Crippen molar-refractivity contribution in [2.24, 2.45) is 5.73 Å². The van der Waals surface area contributed by atoms with E-state index in [9.17, 15) is 4.39 Å². The average molecular weight is 308 g/mol. The Kier molecular flexibility index (Phi) is 3.83. The van der Waals surface area contributed by atoms with Crippen molar-refractivity contribution in [1.29, 1.82) is 0 Å². The van der Waals surface area contributed by atoms with Crippen molar-refractivity contribution in [2.75, 3.05) is 0 Å². The van der Waals surface area contributed by atoms with E-state index in [0.29, 0.717) is 0 Å². The summed E-state index contributed by atoms with van der Waals surface area (Å²) in [5, 5.41) is 0. The Balaban J connectivity index is 2.47. The summed E-state index contributed by atoms with van der Waals surface area (Å²) in [6, 6.07) is 10.5. The molecule has 0 aromatic heterocycles. The molecule has 0 aliphatic carbocycles. The van der Waals surface area contributed by atoms with Crippen LogP contribution in [-0.4, -0.2) is 0 Å². The summed E-state index contributed by atoms with van der Waals surface area (Å²) in [5.74, 6) is -0.243. The van der Waals surface area contributed by atoms with E-state index < -0.39 is 0 Å². The second-order valence-corrected chi connectivity index (χ2v) is 5.35. The lowest BCUT2D eigenvalue weighted by Crippen LogP contribution is -2.14. The van der Waals surface area contributed by atoms with Gasteiger partial charge in [-0.25, -0.2) is 4.39 Å². The molecular weight excluding hydrogens is 293 g/mol. The molecule has 1 nitrogen and oxygen atoms in total. The number of nitrogens with two attached hydrogens (primary N) is 1. The number of benzene rings is 2. The van der Waals surface area contributed by atoms with Crippen molar-refractivity contribution in [3.63, 3.8) is 0 Å². The highest BCUT2D eigenvalue weighted by molar-refractivity contribution is 9.10. The summed E-state index contributed by atoms with van der Waals surface area (Å²) in [7, 11) is 0. The maximum atomic E-state index is 13.4. The van der Waals surface area contributed by atoms with Crippen LogP contribution < -0.4 is 5.73 Å². The standard InChI is InChI=1S/C15H15BrFN/c1-9-6-11(8-12(17)7-9)15(18)13-4-3-5-14(16)10(13)2/h3-8,15H,18H2,1-2H3. The summed E-state index contributed by atoms with van der Waals surface area (Å²) < 4.78 is 14.4. The normalized spacial score (nSPS) is 12.5. The van der Waals surface area contributed by atoms with Crippen LogP contribution in [0.25, 0.3) is 0 Å². The second-order valence-electron chi connectivity index (χ2n) is 4.49. The lowest BCUT2D eigenvalue weighted by Gasteiger charge is -2.17. The van der Waals surface area contributed by atoms with Gasteiger partial charge in [0.15, 0.2) is 0 Å². The third kappa shape index (κ3) is 2.62. The number of rotatable bonds is 2. The molecule has 0 saturated carbocycles. The van der Waals surface area contributed by atoms with Crippen molar-refractivity contribution in [1.82, 2.24) is 0 Å². The quantitative estimate of drug-likeness (QED) is 0.881. The lowest BCUT2D eigenvalue weighted by molar-refractivity contribution is 0.622. The van der Waals surface area contributed by atoms with Crippen LogP contribution in [0.1, 0.15) is 28.3 Å². The number of hydrogen-bond donors (Lipinski definition) is 1. The minimum atomic E-state index is -0.308. The molecule has 0 fully saturated rings. The van der Waals surface area contributed by atoms with Crippen molar-refractivity contribution in [2.45, 2.75) is 19.9 Å². The van der Waals surface area contributed by atoms with Gasteiger partial charge in [-0.1, -0.05) is 34.1 Å². The third-order valence-corrected chi connectivity index (χ3v) is 3.93. The molecule has 1 atom stereocenters.